The summed E-state index contributed by atoms with van der Waals surface area (Å²) in [5.74, 6) is -11.5. The molecule has 0 aromatic heterocycles. The lowest BCUT2D eigenvalue weighted by Crippen LogP contribution is -2.41. The molecule has 0 aliphatic carbocycles. The van der Waals surface area contributed by atoms with E-state index in [1.807, 2.05) is 41.5 Å². The average molecular weight is 1680 g/mol. The molecule has 6 aromatic carbocycles. The minimum atomic E-state index is -1.79. The van der Waals surface area contributed by atoms with Gasteiger partial charge < -0.3 is 56.8 Å². The molecule has 0 amide bonds. The first-order valence-corrected chi connectivity index (χ1v) is 38.9. The van der Waals surface area contributed by atoms with Crippen LogP contribution in [-0.4, -0.2) is 152 Å². The molecule has 0 saturated carbocycles. The molecule has 0 N–H and O–H groups in total. The molecular weight excluding hydrogens is 1580 g/mol. The summed E-state index contributed by atoms with van der Waals surface area (Å²) >= 11 is 0. The summed E-state index contributed by atoms with van der Waals surface area (Å²) in [7, 11) is 0. The van der Waals surface area contributed by atoms with Gasteiger partial charge in [0.25, 0.3) is 0 Å². The van der Waals surface area contributed by atoms with Crippen molar-refractivity contribution in [1.82, 2.24) is 0 Å². The third-order valence-electron chi connectivity index (χ3n) is 17.0. The Labute approximate surface area is 690 Å². The quantitative estimate of drug-likeness (QED) is 0.0113. The largest absolute Gasteiger partial charge is 0.549 e. The van der Waals surface area contributed by atoms with Crippen molar-refractivity contribution < 1.29 is 173 Å². The molecular formula is C84H98O36. The van der Waals surface area contributed by atoms with Crippen molar-refractivity contribution >= 4 is 72.7 Å². The summed E-state index contributed by atoms with van der Waals surface area (Å²) in [5, 5.41) is 0. The molecule has 120 heavy (non-hydrogen) atoms. The van der Waals surface area contributed by atoms with Crippen LogP contribution in [0, 0.1) is 23.7 Å². The van der Waals surface area contributed by atoms with Gasteiger partial charge in [0.15, 0.2) is 0 Å². The Morgan fingerprint density at radius 1 is 0.208 bits per heavy atom. The highest BCUT2D eigenvalue weighted by molar-refractivity contribution is 5.92. The SMILES string of the molecule is CCCCOc1ccc(C(=O)OOC(=O)OCCC(COC(=O)OOC(=O)c2ccc(OCCCC)cc2)C(COC(=O)OOC(=O)c2ccc(OCCCC)cc2)C(COC(=O)OOC(=O)c2ccc(OCCCC)cc2)C(CCOC(=O)OOC(=O)c2ccc(OCCCC)cc2)COC(=O)OOC(=O)c2ccc(OCCCC)cc2)cc1. The number of unbranched alkanes of at least 4 members (excludes halogenated alkanes) is 6. The molecule has 0 fully saturated rings. The molecule has 0 spiro atoms. The van der Waals surface area contributed by atoms with Crippen LogP contribution in [0.2, 0.25) is 0 Å². The number of carbonyl (C=O) groups is 12. The van der Waals surface area contributed by atoms with Crippen molar-refractivity contribution in [2.45, 2.75) is 131 Å². The molecule has 6 aromatic rings. The van der Waals surface area contributed by atoms with E-state index in [1.165, 1.54) is 146 Å². The smallest absolute Gasteiger partial charge is 0.494 e. The Morgan fingerprint density at radius 3 is 0.550 bits per heavy atom. The maximum absolute atomic E-state index is 13.9. The van der Waals surface area contributed by atoms with E-state index in [2.05, 4.69) is 0 Å². The Hall–Kier alpha value is -13.4. The summed E-state index contributed by atoms with van der Waals surface area (Å²) < 4.78 is 66.8. The van der Waals surface area contributed by atoms with Gasteiger partial charge in [-0.15, -0.1) is 0 Å². The van der Waals surface area contributed by atoms with E-state index in [9.17, 15) is 57.5 Å². The maximum Gasteiger partial charge on any atom is 0.549 e. The Bertz CT molecular complexity index is 3850. The van der Waals surface area contributed by atoms with Crippen molar-refractivity contribution in [3.8, 4) is 34.5 Å². The lowest BCUT2D eigenvalue weighted by atomic mass is 9.74. The monoisotopic (exact) mass is 1680 g/mol. The number of benzene rings is 6. The third kappa shape index (κ3) is 36.8. The molecule has 650 valence electrons. The summed E-state index contributed by atoms with van der Waals surface area (Å²) in [6, 6.07) is 33.1. The van der Waals surface area contributed by atoms with Gasteiger partial charge in [-0.3, -0.25) is 0 Å². The standard InChI is InChI=1S/C84H98O36/c1-7-13-45-97-65-31-19-57(20-32-65)73(85)109-115-79(91)103-51-43-63(53-105-81(93)117-111-75(87)59-23-35-67(36-24-59)99-47-15-9-3)71(55-107-83(95)119-113-77(89)61-27-39-69(40-28-61)101-49-17-11-5)72(56-108-84(96)120-114-78(90)62-29-41-70(42-30-62)102-50-18-12-6)64(54-106-82(94)118-112-76(88)60-25-37-68(38-26-60)100-48-16-10-4)44-52-104-80(92)116-110-74(86)58-21-33-66(34-22-58)98-46-14-8-2/h19-42,63-64,71-72H,7-18,43-56H2,1-6H3. The molecule has 0 aliphatic heterocycles. The van der Waals surface area contributed by atoms with Crippen molar-refractivity contribution in [3.05, 3.63) is 179 Å². The van der Waals surface area contributed by atoms with Crippen LogP contribution in [0.4, 0.5) is 28.8 Å². The zero-order valence-corrected chi connectivity index (χ0v) is 67.2. The predicted molar refractivity (Wildman–Crippen MR) is 411 cm³/mol. The highest BCUT2D eigenvalue weighted by Crippen LogP contribution is 2.35. The van der Waals surface area contributed by atoms with Gasteiger partial charge in [-0.05, 0) is 197 Å². The summed E-state index contributed by atoms with van der Waals surface area (Å²) in [6.07, 6.45) is -2.23. The zero-order chi connectivity index (χ0) is 86.5. The van der Waals surface area contributed by atoms with Crippen molar-refractivity contribution in [2.75, 3.05) is 79.3 Å². The van der Waals surface area contributed by atoms with Crippen LogP contribution in [0.25, 0.3) is 0 Å². The van der Waals surface area contributed by atoms with E-state index in [-0.39, 0.29) is 33.4 Å². The van der Waals surface area contributed by atoms with Crippen molar-refractivity contribution in [2.24, 2.45) is 23.7 Å². The number of carbonyl (C=O) groups excluding carboxylic acids is 12. The van der Waals surface area contributed by atoms with Gasteiger partial charge in [0.1, 0.15) is 34.5 Å². The average Bonchev–Trinajstić information content (AvgIpc) is 0.827. The van der Waals surface area contributed by atoms with Gasteiger partial charge in [-0.25, -0.2) is 87.4 Å². The molecule has 4 unspecified atom stereocenters. The summed E-state index contributed by atoms with van der Waals surface area (Å²) in [4.78, 5) is 219. The number of rotatable bonds is 47. The van der Waals surface area contributed by atoms with E-state index >= 15 is 0 Å². The lowest BCUT2D eigenvalue weighted by molar-refractivity contribution is -0.212. The third-order valence-corrected chi connectivity index (χ3v) is 17.0. The second kappa shape index (κ2) is 55.2. The molecule has 0 aliphatic rings. The first-order valence-electron chi connectivity index (χ1n) is 38.9. The van der Waals surface area contributed by atoms with E-state index in [4.69, 9.17) is 115 Å². The van der Waals surface area contributed by atoms with Gasteiger partial charge >= 0.3 is 72.7 Å². The van der Waals surface area contributed by atoms with Crippen LogP contribution < -0.4 is 28.4 Å². The second-order valence-electron chi connectivity index (χ2n) is 25.9. The fourth-order valence-electron chi connectivity index (χ4n) is 10.3. The van der Waals surface area contributed by atoms with Crippen LogP contribution in [0.5, 0.6) is 34.5 Å². The first kappa shape index (κ1) is 95.4. The highest BCUT2D eigenvalue weighted by atomic mass is 17.3. The predicted octanol–water partition coefficient (Wildman–Crippen LogP) is 16.9. The molecule has 0 radical (unpaired) electrons. The molecule has 4 atom stereocenters. The lowest BCUT2D eigenvalue weighted by Gasteiger charge is -2.36. The highest BCUT2D eigenvalue weighted by Gasteiger charge is 2.40. The van der Waals surface area contributed by atoms with Gasteiger partial charge in [0, 0.05) is 23.7 Å². The molecule has 0 bridgehead atoms. The molecule has 0 saturated heterocycles. The normalized spacial score (nSPS) is 11.6. The van der Waals surface area contributed by atoms with E-state index in [0.717, 1.165) is 77.0 Å². The van der Waals surface area contributed by atoms with Crippen LogP contribution in [-0.2, 0) is 87.1 Å². The van der Waals surface area contributed by atoms with Crippen LogP contribution in [0.15, 0.2) is 146 Å². The topological polar surface area (TPSA) is 426 Å². The molecule has 6 rings (SSSR count). The van der Waals surface area contributed by atoms with Gasteiger partial charge in [0.05, 0.1) is 113 Å². The fourth-order valence-corrected chi connectivity index (χ4v) is 10.3. The Morgan fingerprint density at radius 2 is 0.375 bits per heavy atom. The van der Waals surface area contributed by atoms with Gasteiger partial charge in [-0.2, -0.15) is 28.8 Å². The fraction of sp³-hybridized carbons (Fsp3) is 0.429. The Balaban J connectivity index is 1.39. The van der Waals surface area contributed by atoms with Gasteiger partial charge in [0.2, 0.25) is 0 Å². The maximum atomic E-state index is 13.9. The van der Waals surface area contributed by atoms with Crippen molar-refractivity contribution in [1.29, 1.82) is 0 Å². The summed E-state index contributed by atoms with van der Waals surface area (Å²) in [6.45, 7) is 8.02. The van der Waals surface area contributed by atoms with Crippen molar-refractivity contribution in [3.63, 3.8) is 0 Å². The van der Waals surface area contributed by atoms with Gasteiger partial charge in [-0.1, -0.05) is 80.1 Å². The number of hydrogen-bond acceptors (Lipinski definition) is 36. The molecule has 36 heteroatoms. The number of ether oxygens (including phenoxy) is 12. The Kier molecular flexibility index (Phi) is 43.9. The zero-order valence-electron chi connectivity index (χ0n) is 67.2. The minimum Gasteiger partial charge on any atom is -0.494 e. The minimum absolute atomic E-state index is 0.101. The summed E-state index contributed by atoms with van der Waals surface area (Å²) in [5.41, 5.74) is -0.780. The molecule has 36 nitrogen and oxygen atoms in total. The van der Waals surface area contributed by atoms with E-state index in [0.29, 0.717) is 74.1 Å². The van der Waals surface area contributed by atoms with Crippen LogP contribution in [0.3, 0.4) is 0 Å². The second-order valence-corrected chi connectivity index (χ2v) is 25.9. The first-order chi connectivity index (χ1) is 58.2. The van der Waals surface area contributed by atoms with E-state index in [1.54, 1.807) is 0 Å². The van der Waals surface area contributed by atoms with E-state index < -0.39 is 149 Å². The molecule has 0 heterocycles. The van der Waals surface area contributed by atoms with Crippen LogP contribution in [0.1, 0.15) is 194 Å². The number of hydrogen-bond donors (Lipinski definition) is 0. The van der Waals surface area contributed by atoms with Crippen LogP contribution >= 0.6 is 0 Å².